The maximum absolute atomic E-state index is 8.39. The third kappa shape index (κ3) is 5.73. The molecule has 0 unspecified atom stereocenters. The van der Waals surface area contributed by atoms with Crippen molar-refractivity contribution < 1.29 is 0 Å². The van der Waals surface area contributed by atoms with E-state index in [1.54, 1.807) is 0 Å². The summed E-state index contributed by atoms with van der Waals surface area (Å²) in [4.78, 5) is 0. The first-order valence-electron chi connectivity index (χ1n) is 4.39. The van der Waals surface area contributed by atoms with Crippen molar-refractivity contribution in [3.05, 3.63) is 23.3 Å². The van der Waals surface area contributed by atoms with Crippen molar-refractivity contribution in [3.63, 3.8) is 0 Å². The van der Waals surface area contributed by atoms with Gasteiger partial charge in [-0.15, -0.1) is 0 Å². The van der Waals surface area contributed by atoms with Crippen LogP contribution >= 0.6 is 0 Å². The second-order valence-corrected chi connectivity index (χ2v) is 3.03. The van der Waals surface area contributed by atoms with E-state index in [0.29, 0.717) is 6.42 Å². The Balaban J connectivity index is 3.82. The molecule has 0 bridgehead atoms. The first kappa shape index (κ1) is 11.0. The maximum atomic E-state index is 8.39. The van der Waals surface area contributed by atoms with E-state index in [4.69, 9.17) is 5.26 Å². The predicted octanol–water partition coefficient (Wildman–Crippen LogP) is 3.59. The Kier molecular flexibility index (Phi) is 6.09. The van der Waals surface area contributed by atoms with Gasteiger partial charge in [-0.25, -0.2) is 0 Å². The SMILES string of the molecule is CC/C(C)=C\C/C=C(\C)CC#N. The van der Waals surface area contributed by atoms with Crippen LogP contribution in [0.3, 0.4) is 0 Å². The molecular weight excluding hydrogens is 146 g/mol. The molecule has 0 rings (SSSR count). The molecule has 0 aliphatic rings. The highest BCUT2D eigenvalue weighted by atomic mass is 14.2. The van der Waals surface area contributed by atoms with Crippen LogP contribution in [0.2, 0.25) is 0 Å². The normalized spacial score (nSPS) is 12.8. The fraction of sp³-hybridized carbons (Fsp3) is 0.545. The lowest BCUT2D eigenvalue weighted by Gasteiger charge is -1.93. The van der Waals surface area contributed by atoms with Gasteiger partial charge in [-0.05, 0) is 26.7 Å². The Morgan fingerprint density at radius 1 is 1.25 bits per heavy atom. The zero-order valence-corrected chi connectivity index (χ0v) is 8.22. The van der Waals surface area contributed by atoms with Gasteiger partial charge in [0.25, 0.3) is 0 Å². The van der Waals surface area contributed by atoms with Crippen molar-refractivity contribution in [2.45, 2.75) is 40.0 Å². The molecular formula is C11H17N. The molecule has 0 heterocycles. The Labute approximate surface area is 75.4 Å². The van der Waals surface area contributed by atoms with Crippen molar-refractivity contribution >= 4 is 0 Å². The number of nitrogens with zero attached hydrogens (tertiary/aromatic N) is 1. The van der Waals surface area contributed by atoms with Crippen LogP contribution in [0.25, 0.3) is 0 Å². The van der Waals surface area contributed by atoms with Gasteiger partial charge in [0.1, 0.15) is 0 Å². The molecule has 0 aromatic heterocycles. The number of nitriles is 1. The van der Waals surface area contributed by atoms with Crippen molar-refractivity contribution in [2.24, 2.45) is 0 Å². The van der Waals surface area contributed by atoms with Gasteiger partial charge in [0.15, 0.2) is 0 Å². The number of allylic oxidation sites excluding steroid dienone is 4. The Bertz CT molecular complexity index is 216. The molecule has 1 heteroatoms. The van der Waals surface area contributed by atoms with Crippen LogP contribution in [0.4, 0.5) is 0 Å². The van der Waals surface area contributed by atoms with E-state index in [1.807, 2.05) is 6.92 Å². The molecule has 0 aliphatic carbocycles. The van der Waals surface area contributed by atoms with Crippen molar-refractivity contribution in [3.8, 4) is 6.07 Å². The minimum absolute atomic E-state index is 0.555. The van der Waals surface area contributed by atoms with Crippen LogP contribution in [-0.4, -0.2) is 0 Å². The molecule has 0 aliphatic heterocycles. The Hall–Kier alpha value is -1.03. The van der Waals surface area contributed by atoms with Gasteiger partial charge in [-0.1, -0.05) is 30.2 Å². The monoisotopic (exact) mass is 163 g/mol. The van der Waals surface area contributed by atoms with Gasteiger partial charge in [0.05, 0.1) is 12.5 Å². The lowest BCUT2D eigenvalue weighted by atomic mass is 10.1. The third-order valence-corrected chi connectivity index (χ3v) is 1.85. The fourth-order valence-corrected chi connectivity index (χ4v) is 0.803. The minimum atomic E-state index is 0.555. The molecule has 1 nitrogen and oxygen atoms in total. The van der Waals surface area contributed by atoms with E-state index >= 15 is 0 Å². The summed E-state index contributed by atoms with van der Waals surface area (Å²) in [5.74, 6) is 0. The van der Waals surface area contributed by atoms with Crippen LogP contribution in [0, 0.1) is 11.3 Å². The molecule has 0 aromatic rings. The summed E-state index contributed by atoms with van der Waals surface area (Å²) in [6, 6.07) is 2.13. The van der Waals surface area contributed by atoms with E-state index in [9.17, 15) is 0 Å². The number of rotatable bonds is 4. The minimum Gasteiger partial charge on any atom is -0.198 e. The fourth-order valence-electron chi connectivity index (χ4n) is 0.803. The highest BCUT2D eigenvalue weighted by Gasteiger charge is 1.86. The quantitative estimate of drug-likeness (QED) is 0.581. The lowest BCUT2D eigenvalue weighted by molar-refractivity contribution is 1.07. The second kappa shape index (κ2) is 6.67. The summed E-state index contributed by atoms with van der Waals surface area (Å²) in [5.41, 5.74) is 2.58. The van der Waals surface area contributed by atoms with Gasteiger partial charge in [-0.2, -0.15) is 5.26 Å². The first-order chi connectivity index (χ1) is 5.70. The van der Waals surface area contributed by atoms with Crippen LogP contribution in [0.1, 0.15) is 40.0 Å². The summed E-state index contributed by atoms with van der Waals surface area (Å²) < 4.78 is 0. The molecule has 0 spiro atoms. The summed E-state index contributed by atoms with van der Waals surface area (Å²) in [6.07, 6.45) is 6.96. The molecule has 0 N–H and O–H groups in total. The Morgan fingerprint density at radius 3 is 2.33 bits per heavy atom. The summed E-state index contributed by atoms with van der Waals surface area (Å²) in [7, 11) is 0. The number of hydrogen-bond donors (Lipinski definition) is 0. The third-order valence-electron chi connectivity index (χ3n) is 1.85. The van der Waals surface area contributed by atoms with Crippen molar-refractivity contribution in [2.75, 3.05) is 0 Å². The predicted molar refractivity (Wildman–Crippen MR) is 52.7 cm³/mol. The zero-order valence-electron chi connectivity index (χ0n) is 8.22. The molecule has 12 heavy (non-hydrogen) atoms. The van der Waals surface area contributed by atoms with Gasteiger partial charge < -0.3 is 0 Å². The average molecular weight is 163 g/mol. The zero-order chi connectivity index (χ0) is 9.40. The van der Waals surface area contributed by atoms with Gasteiger partial charge in [0, 0.05) is 0 Å². The van der Waals surface area contributed by atoms with Crippen LogP contribution in [0.15, 0.2) is 23.3 Å². The summed E-state index contributed by atoms with van der Waals surface area (Å²) in [5, 5.41) is 8.39. The van der Waals surface area contributed by atoms with Gasteiger partial charge in [0.2, 0.25) is 0 Å². The highest BCUT2D eigenvalue weighted by molar-refractivity contribution is 5.09. The summed E-state index contributed by atoms with van der Waals surface area (Å²) >= 11 is 0. The molecule has 0 radical (unpaired) electrons. The van der Waals surface area contributed by atoms with Gasteiger partial charge in [-0.3, -0.25) is 0 Å². The van der Waals surface area contributed by atoms with E-state index < -0.39 is 0 Å². The Morgan fingerprint density at radius 2 is 1.83 bits per heavy atom. The molecule has 0 aromatic carbocycles. The molecule has 0 saturated heterocycles. The average Bonchev–Trinajstić information content (AvgIpc) is 2.04. The second-order valence-electron chi connectivity index (χ2n) is 3.03. The molecule has 0 saturated carbocycles. The summed E-state index contributed by atoms with van der Waals surface area (Å²) in [6.45, 7) is 6.28. The van der Waals surface area contributed by atoms with Crippen molar-refractivity contribution in [1.82, 2.24) is 0 Å². The van der Waals surface area contributed by atoms with Gasteiger partial charge >= 0.3 is 0 Å². The standard InChI is InChI=1S/C11H17N/c1-4-10(2)6-5-7-11(3)8-9-12/h6-7H,4-5,8H2,1-3H3/b10-6-,11-7+. The van der Waals surface area contributed by atoms with Crippen LogP contribution in [-0.2, 0) is 0 Å². The number of hydrogen-bond acceptors (Lipinski definition) is 1. The van der Waals surface area contributed by atoms with Crippen LogP contribution < -0.4 is 0 Å². The first-order valence-corrected chi connectivity index (χ1v) is 4.39. The highest BCUT2D eigenvalue weighted by Crippen LogP contribution is 2.04. The molecule has 0 atom stereocenters. The van der Waals surface area contributed by atoms with Crippen molar-refractivity contribution in [1.29, 1.82) is 5.26 Å². The topological polar surface area (TPSA) is 23.8 Å². The van der Waals surface area contributed by atoms with Crippen LogP contribution in [0.5, 0.6) is 0 Å². The van der Waals surface area contributed by atoms with E-state index in [-0.39, 0.29) is 0 Å². The smallest absolute Gasteiger partial charge is 0.0666 e. The molecule has 0 amide bonds. The molecule has 66 valence electrons. The maximum Gasteiger partial charge on any atom is 0.0666 e. The molecule has 0 fully saturated rings. The van der Waals surface area contributed by atoms with E-state index in [2.05, 4.69) is 32.1 Å². The van der Waals surface area contributed by atoms with E-state index in [1.165, 1.54) is 5.57 Å². The largest absolute Gasteiger partial charge is 0.198 e. The lowest BCUT2D eigenvalue weighted by Crippen LogP contribution is -1.74. The van der Waals surface area contributed by atoms with E-state index in [0.717, 1.165) is 18.4 Å².